The zero-order chi connectivity index (χ0) is 23.4. The number of carbonyl (C=O) groups is 3. The number of nitro benzene ring substituents is 1. The third-order valence-electron chi connectivity index (χ3n) is 7.09. The maximum absolute atomic E-state index is 13.9. The number of Topliss-reactive ketones (excluding diaryl/α,β-unsaturated/α-hetero) is 1. The van der Waals surface area contributed by atoms with Crippen LogP contribution in [0.3, 0.4) is 0 Å². The molecule has 33 heavy (non-hydrogen) atoms. The van der Waals surface area contributed by atoms with Gasteiger partial charge in [-0.05, 0) is 25.0 Å². The number of hydrogen-bond donors (Lipinski definition) is 0. The fraction of sp³-hybridized carbons (Fsp3) is 0.320. The Balaban J connectivity index is 1.65. The number of benzene rings is 2. The maximum atomic E-state index is 13.9. The molecule has 0 spiro atoms. The van der Waals surface area contributed by atoms with Crippen molar-refractivity contribution in [3.63, 3.8) is 0 Å². The lowest BCUT2D eigenvalue weighted by molar-refractivity contribution is -0.384. The first-order valence-corrected chi connectivity index (χ1v) is 11.1. The SMILES string of the molecule is CC[C@H](C)N1C(=O)[C@@H]2[C@@H](C1=O)[C@@H]1C=Cc3ccccc3N1[C@@H]2C(=O)c1cccc([N+](=O)[O-])c1. The minimum atomic E-state index is -0.932. The van der Waals surface area contributed by atoms with Crippen molar-refractivity contribution in [2.75, 3.05) is 4.90 Å². The monoisotopic (exact) mass is 445 g/mol. The molecule has 168 valence electrons. The highest BCUT2D eigenvalue weighted by Crippen LogP contribution is 2.49. The van der Waals surface area contributed by atoms with Gasteiger partial charge in [0.15, 0.2) is 5.78 Å². The van der Waals surface area contributed by atoms with Crippen LogP contribution in [0.25, 0.3) is 6.08 Å². The van der Waals surface area contributed by atoms with Gasteiger partial charge in [0, 0.05) is 29.4 Å². The van der Waals surface area contributed by atoms with Crippen molar-refractivity contribution < 1.29 is 19.3 Å². The molecule has 0 N–H and O–H groups in total. The Labute approximate surface area is 190 Å². The van der Waals surface area contributed by atoms with Crippen LogP contribution < -0.4 is 4.90 Å². The average molecular weight is 445 g/mol. The van der Waals surface area contributed by atoms with Gasteiger partial charge in [-0.2, -0.15) is 0 Å². The summed E-state index contributed by atoms with van der Waals surface area (Å²) in [5, 5.41) is 11.3. The summed E-state index contributed by atoms with van der Waals surface area (Å²) in [6.07, 6.45) is 4.44. The molecule has 5 atom stereocenters. The van der Waals surface area contributed by atoms with E-state index < -0.39 is 34.6 Å². The molecule has 0 aliphatic carbocycles. The second kappa shape index (κ2) is 7.65. The van der Waals surface area contributed by atoms with Crippen LogP contribution in [0.5, 0.6) is 0 Å². The molecule has 0 radical (unpaired) electrons. The van der Waals surface area contributed by atoms with E-state index in [0.29, 0.717) is 6.42 Å². The molecule has 0 saturated carbocycles. The number of nitrogens with zero attached hydrogens (tertiary/aromatic N) is 3. The predicted octanol–water partition coefficient (Wildman–Crippen LogP) is 3.46. The highest BCUT2D eigenvalue weighted by atomic mass is 16.6. The molecule has 8 heteroatoms. The van der Waals surface area contributed by atoms with Gasteiger partial charge in [-0.1, -0.05) is 49.4 Å². The standard InChI is InChI=1S/C25H23N3O5/c1-3-14(2)26-24(30)20-19-12-11-15-7-4-5-10-18(15)27(19)22(21(20)25(26)31)23(29)16-8-6-9-17(13-16)28(32)33/h4-14,19-22H,3H2,1-2H3/t14-,19-,20-,21+,22-/m0/s1. The molecule has 2 aromatic rings. The Morgan fingerprint density at radius 1 is 1.09 bits per heavy atom. The first kappa shape index (κ1) is 21.1. The van der Waals surface area contributed by atoms with E-state index in [4.69, 9.17) is 0 Å². The second-order valence-corrected chi connectivity index (χ2v) is 8.79. The van der Waals surface area contributed by atoms with Crippen molar-refractivity contribution in [2.24, 2.45) is 11.8 Å². The van der Waals surface area contributed by atoms with Crippen molar-refractivity contribution in [1.29, 1.82) is 0 Å². The highest BCUT2D eigenvalue weighted by molar-refractivity contribution is 6.14. The molecule has 2 fully saturated rings. The van der Waals surface area contributed by atoms with E-state index in [1.165, 1.54) is 29.2 Å². The summed E-state index contributed by atoms with van der Waals surface area (Å²) in [4.78, 5) is 54.8. The van der Waals surface area contributed by atoms with Gasteiger partial charge >= 0.3 is 0 Å². The van der Waals surface area contributed by atoms with Gasteiger partial charge in [0.05, 0.1) is 22.8 Å². The minimum Gasteiger partial charge on any atom is -0.352 e. The van der Waals surface area contributed by atoms with Gasteiger partial charge in [0.2, 0.25) is 11.8 Å². The van der Waals surface area contributed by atoms with Gasteiger partial charge in [-0.25, -0.2) is 0 Å². The van der Waals surface area contributed by atoms with Crippen molar-refractivity contribution >= 4 is 35.0 Å². The number of rotatable bonds is 5. The fourth-order valence-corrected chi connectivity index (χ4v) is 5.40. The Kier molecular flexibility index (Phi) is 4.88. The molecule has 8 nitrogen and oxygen atoms in total. The summed E-state index contributed by atoms with van der Waals surface area (Å²) in [5.74, 6) is -2.52. The van der Waals surface area contributed by atoms with Crippen LogP contribution in [0.4, 0.5) is 11.4 Å². The zero-order valence-corrected chi connectivity index (χ0v) is 18.3. The molecule has 0 bridgehead atoms. The van der Waals surface area contributed by atoms with Crippen LogP contribution in [0, 0.1) is 22.0 Å². The smallest absolute Gasteiger partial charge is 0.270 e. The number of imide groups is 1. The van der Waals surface area contributed by atoms with Crippen molar-refractivity contribution in [3.8, 4) is 0 Å². The summed E-state index contributed by atoms with van der Waals surface area (Å²) in [6, 6.07) is 11.5. The third-order valence-corrected chi connectivity index (χ3v) is 7.09. The molecule has 3 heterocycles. The second-order valence-electron chi connectivity index (χ2n) is 8.79. The molecule has 5 rings (SSSR count). The number of carbonyl (C=O) groups excluding carboxylic acids is 3. The lowest BCUT2D eigenvalue weighted by atomic mass is 9.86. The highest BCUT2D eigenvalue weighted by Gasteiger charge is 2.64. The van der Waals surface area contributed by atoms with Crippen LogP contribution >= 0.6 is 0 Å². The third kappa shape index (κ3) is 3.01. The van der Waals surface area contributed by atoms with Crippen LogP contribution in [-0.4, -0.2) is 45.5 Å². The largest absolute Gasteiger partial charge is 0.352 e. The molecule has 3 aliphatic heterocycles. The van der Waals surface area contributed by atoms with Gasteiger partial charge < -0.3 is 4.90 Å². The number of ketones is 1. The van der Waals surface area contributed by atoms with E-state index in [-0.39, 0.29) is 29.1 Å². The summed E-state index contributed by atoms with van der Waals surface area (Å²) < 4.78 is 0. The van der Waals surface area contributed by atoms with E-state index in [0.717, 1.165) is 11.3 Å². The predicted molar refractivity (Wildman–Crippen MR) is 122 cm³/mol. The number of para-hydroxylation sites is 1. The molecule has 0 aromatic heterocycles. The van der Waals surface area contributed by atoms with E-state index in [1.807, 2.05) is 55.2 Å². The molecule has 2 aromatic carbocycles. The first-order chi connectivity index (χ1) is 15.8. The lowest BCUT2D eigenvalue weighted by Crippen LogP contribution is -2.50. The number of anilines is 1. The molecule has 3 aliphatic rings. The molecular weight excluding hydrogens is 422 g/mol. The van der Waals surface area contributed by atoms with E-state index >= 15 is 0 Å². The van der Waals surface area contributed by atoms with Crippen LogP contribution in [0.2, 0.25) is 0 Å². The number of non-ortho nitro benzene ring substituents is 1. The summed E-state index contributed by atoms with van der Waals surface area (Å²) >= 11 is 0. The molecule has 2 amide bonds. The van der Waals surface area contributed by atoms with Crippen molar-refractivity contribution in [3.05, 3.63) is 75.8 Å². The Bertz CT molecular complexity index is 1220. The van der Waals surface area contributed by atoms with Gasteiger partial charge in [-0.3, -0.25) is 29.4 Å². The molecule has 2 saturated heterocycles. The quantitative estimate of drug-likeness (QED) is 0.302. The van der Waals surface area contributed by atoms with Gasteiger partial charge in [-0.15, -0.1) is 0 Å². The maximum Gasteiger partial charge on any atom is 0.270 e. The fourth-order valence-electron chi connectivity index (χ4n) is 5.40. The zero-order valence-electron chi connectivity index (χ0n) is 18.3. The number of hydrogen-bond acceptors (Lipinski definition) is 6. The van der Waals surface area contributed by atoms with Gasteiger partial charge in [0.1, 0.15) is 6.04 Å². The van der Waals surface area contributed by atoms with E-state index in [9.17, 15) is 24.5 Å². The minimum absolute atomic E-state index is 0.155. The Hall–Kier alpha value is -3.81. The van der Waals surface area contributed by atoms with E-state index in [2.05, 4.69) is 0 Å². The van der Waals surface area contributed by atoms with Crippen LogP contribution in [-0.2, 0) is 9.59 Å². The summed E-state index contributed by atoms with van der Waals surface area (Å²) in [6.45, 7) is 3.74. The molecular formula is C25H23N3O5. The van der Waals surface area contributed by atoms with Crippen LogP contribution in [0.15, 0.2) is 54.6 Å². The number of likely N-dealkylation sites (tertiary alicyclic amines) is 1. The van der Waals surface area contributed by atoms with Crippen molar-refractivity contribution in [2.45, 2.75) is 38.4 Å². The number of amides is 2. The topological polar surface area (TPSA) is 101 Å². The number of nitro groups is 1. The van der Waals surface area contributed by atoms with Gasteiger partial charge in [0.25, 0.3) is 5.69 Å². The lowest BCUT2D eigenvalue weighted by Gasteiger charge is -2.37. The van der Waals surface area contributed by atoms with Crippen molar-refractivity contribution in [1.82, 2.24) is 4.90 Å². The normalized spacial score (nSPS) is 26.1. The van der Waals surface area contributed by atoms with Crippen LogP contribution in [0.1, 0.15) is 36.2 Å². The average Bonchev–Trinajstić information content (AvgIpc) is 3.31. The summed E-state index contributed by atoms with van der Waals surface area (Å²) in [5.41, 5.74) is 1.63. The summed E-state index contributed by atoms with van der Waals surface area (Å²) in [7, 11) is 0. The Morgan fingerprint density at radius 2 is 1.82 bits per heavy atom. The first-order valence-electron chi connectivity index (χ1n) is 11.1. The number of fused-ring (bicyclic) bond motifs is 5. The van der Waals surface area contributed by atoms with E-state index in [1.54, 1.807) is 0 Å². The Morgan fingerprint density at radius 3 is 2.55 bits per heavy atom. The molecule has 0 unspecified atom stereocenters.